The number of rotatable bonds is 4. The van der Waals surface area contributed by atoms with Gasteiger partial charge in [0.15, 0.2) is 0 Å². The summed E-state index contributed by atoms with van der Waals surface area (Å²) in [5.41, 5.74) is 3.91. The lowest BCUT2D eigenvalue weighted by atomic mass is 10.0. The van der Waals surface area contributed by atoms with Crippen molar-refractivity contribution < 1.29 is 0 Å². The normalized spacial score (nSPS) is 11.4. The quantitative estimate of drug-likeness (QED) is 0.274. The highest BCUT2D eigenvalue weighted by atomic mass is 32.2. The number of benzene rings is 4. The predicted molar refractivity (Wildman–Crippen MR) is 119 cm³/mol. The van der Waals surface area contributed by atoms with Crippen molar-refractivity contribution in [1.82, 2.24) is 0 Å². The van der Waals surface area contributed by atoms with Gasteiger partial charge in [-0.05, 0) is 65.2 Å². The fraction of sp³-hybridized carbons (Fsp3) is 0.0385. The molecular formula is C26H19NS. The Morgan fingerprint density at radius 3 is 2.11 bits per heavy atom. The highest BCUT2D eigenvalue weighted by molar-refractivity contribution is 7.99. The van der Waals surface area contributed by atoms with E-state index in [0.29, 0.717) is 5.57 Å². The zero-order chi connectivity index (χ0) is 19.3. The molecule has 4 rings (SSSR count). The van der Waals surface area contributed by atoms with Crippen LogP contribution in [0.1, 0.15) is 16.7 Å². The van der Waals surface area contributed by atoms with Crippen LogP contribution in [0.4, 0.5) is 0 Å². The van der Waals surface area contributed by atoms with Crippen LogP contribution in [0.15, 0.2) is 101 Å². The van der Waals surface area contributed by atoms with Crippen molar-refractivity contribution >= 4 is 34.2 Å². The first-order chi connectivity index (χ1) is 13.7. The van der Waals surface area contributed by atoms with Gasteiger partial charge >= 0.3 is 0 Å². The lowest BCUT2D eigenvalue weighted by molar-refractivity contribution is 1.36. The first kappa shape index (κ1) is 18.1. The van der Waals surface area contributed by atoms with E-state index in [-0.39, 0.29) is 0 Å². The van der Waals surface area contributed by atoms with Gasteiger partial charge in [0.1, 0.15) is 0 Å². The summed E-state index contributed by atoms with van der Waals surface area (Å²) < 4.78 is 0. The van der Waals surface area contributed by atoms with Crippen LogP contribution in [-0.2, 0) is 0 Å². The standard InChI is InChI=1S/C26H19NS/c1-19-6-12-25(13-7-19)28-26-14-8-20(9-15-26)16-24(18-27)23-11-10-21-4-2-3-5-22(21)17-23/h2-17H,1H3/b24-16-. The van der Waals surface area contributed by atoms with E-state index in [1.54, 1.807) is 11.8 Å². The van der Waals surface area contributed by atoms with E-state index in [9.17, 15) is 5.26 Å². The van der Waals surface area contributed by atoms with Crippen molar-refractivity contribution in [3.63, 3.8) is 0 Å². The van der Waals surface area contributed by atoms with Gasteiger partial charge in [-0.1, -0.05) is 78.0 Å². The molecular weight excluding hydrogens is 358 g/mol. The number of hydrogen-bond donors (Lipinski definition) is 0. The van der Waals surface area contributed by atoms with Gasteiger partial charge in [-0.15, -0.1) is 0 Å². The monoisotopic (exact) mass is 377 g/mol. The molecule has 0 spiro atoms. The molecule has 134 valence electrons. The summed E-state index contributed by atoms with van der Waals surface area (Å²) in [6.07, 6.45) is 1.95. The van der Waals surface area contributed by atoms with Crippen LogP contribution in [0.2, 0.25) is 0 Å². The van der Waals surface area contributed by atoms with Crippen LogP contribution in [-0.4, -0.2) is 0 Å². The minimum Gasteiger partial charge on any atom is -0.192 e. The van der Waals surface area contributed by atoms with Gasteiger partial charge in [0.05, 0.1) is 11.6 Å². The second-order valence-corrected chi connectivity index (χ2v) is 7.86. The highest BCUT2D eigenvalue weighted by Crippen LogP contribution is 2.29. The lowest BCUT2D eigenvalue weighted by Crippen LogP contribution is -1.83. The third-order valence-electron chi connectivity index (χ3n) is 4.63. The van der Waals surface area contributed by atoms with Crippen LogP contribution in [0.3, 0.4) is 0 Å². The SMILES string of the molecule is Cc1ccc(Sc2ccc(/C=C(/C#N)c3ccc4ccccc4c3)cc2)cc1. The summed E-state index contributed by atoms with van der Waals surface area (Å²) in [6.45, 7) is 2.10. The summed E-state index contributed by atoms with van der Waals surface area (Å²) in [5, 5.41) is 12.0. The smallest absolute Gasteiger partial charge is 0.0998 e. The maximum absolute atomic E-state index is 9.66. The van der Waals surface area contributed by atoms with Crippen molar-refractivity contribution in [1.29, 1.82) is 5.26 Å². The van der Waals surface area contributed by atoms with Gasteiger partial charge < -0.3 is 0 Å². The molecule has 4 aromatic rings. The van der Waals surface area contributed by atoms with E-state index < -0.39 is 0 Å². The summed E-state index contributed by atoms with van der Waals surface area (Å²) in [7, 11) is 0. The number of aryl methyl sites for hydroxylation is 1. The van der Waals surface area contributed by atoms with E-state index in [1.165, 1.54) is 20.7 Å². The fourth-order valence-corrected chi connectivity index (χ4v) is 3.89. The van der Waals surface area contributed by atoms with Crippen LogP contribution >= 0.6 is 11.8 Å². The summed E-state index contributed by atoms with van der Waals surface area (Å²) in [4.78, 5) is 2.41. The van der Waals surface area contributed by atoms with E-state index >= 15 is 0 Å². The van der Waals surface area contributed by atoms with E-state index in [4.69, 9.17) is 0 Å². The number of nitriles is 1. The van der Waals surface area contributed by atoms with Gasteiger partial charge in [0.2, 0.25) is 0 Å². The molecule has 0 aliphatic rings. The lowest BCUT2D eigenvalue weighted by Gasteiger charge is -2.05. The van der Waals surface area contributed by atoms with Crippen LogP contribution in [0, 0.1) is 18.3 Å². The van der Waals surface area contributed by atoms with E-state index in [1.807, 2.05) is 24.3 Å². The maximum Gasteiger partial charge on any atom is 0.0998 e. The molecule has 0 saturated carbocycles. The van der Waals surface area contributed by atoms with Crippen LogP contribution < -0.4 is 0 Å². The van der Waals surface area contributed by atoms with E-state index in [0.717, 1.165) is 16.5 Å². The van der Waals surface area contributed by atoms with Crippen LogP contribution in [0.25, 0.3) is 22.4 Å². The zero-order valence-electron chi connectivity index (χ0n) is 15.6. The number of nitrogens with zero attached hydrogens (tertiary/aromatic N) is 1. The molecule has 0 amide bonds. The third-order valence-corrected chi connectivity index (χ3v) is 5.64. The number of allylic oxidation sites excluding steroid dienone is 1. The van der Waals surface area contributed by atoms with Gasteiger partial charge in [-0.3, -0.25) is 0 Å². The van der Waals surface area contributed by atoms with Gasteiger partial charge in [0.25, 0.3) is 0 Å². The average Bonchev–Trinajstić information content (AvgIpc) is 2.74. The molecule has 0 aliphatic heterocycles. The highest BCUT2D eigenvalue weighted by Gasteiger charge is 2.04. The first-order valence-corrected chi connectivity index (χ1v) is 9.98. The zero-order valence-corrected chi connectivity index (χ0v) is 16.4. The van der Waals surface area contributed by atoms with Crippen molar-refractivity contribution in [3.05, 3.63) is 108 Å². The maximum atomic E-state index is 9.66. The largest absolute Gasteiger partial charge is 0.192 e. The Morgan fingerprint density at radius 2 is 1.43 bits per heavy atom. The Kier molecular flexibility index (Phi) is 5.28. The molecule has 0 aromatic heterocycles. The molecule has 0 radical (unpaired) electrons. The molecule has 0 heterocycles. The van der Waals surface area contributed by atoms with Gasteiger partial charge in [-0.25, -0.2) is 0 Å². The Bertz CT molecular complexity index is 1180. The molecule has 0 bridgehead atoms. The Balaban J connectivity index is 1.57. The third kappa shape index (κ3) is 4.17. The number of hydrogen-bond acceptors (Lipinski definition) is 2. The average molecular weight is 378 g/mol. The number of fused-ring (bicyclic) bond motifs is 1. The second-order valence-electron chi connectivity index (χ2n) is 6.72. The fourth-order valence-electron chi connectivity index (χ4n) is 3.08. The van der Waals surface area contributed by atoms with Crippen molar-refractivity contribution in [2.24, 2.45) is 0 Å². The molecule has 28 heavy (non-hydrogen) atoms. The minimum atomic E-state index is 0.671. The van der Waals surface area contributed by atoms with Gasteiger partial charge in [-0.2, -0.15) is 5.26 Å². The predicted octanol–water partition coefficient (Wildman–Crippen LogP) is 7.36. The van der Waals surface area contributed by atoms with Crippen molar-refractivity contribution in [3.8, 4) is 6.07 Å². The Labute approximate surface area is 170 Å². The molecule has 0 atom stereocenters. The molecule has 0 aliphatic carbocycles. The summed E-state index contributed by atoms with van der Waals surface area (Å²) >= 11 is 1.74. The van der Waals surface area contributed by atoms with Crippen molar-refractivity contribution in [2.75, 3.05) is 0 Å². The molecule has 4 aromatic carbocycles. The van der Waals surface area contributed by atoms with Crippen LogP contribution in [0.5, 0.6) is 0 Å². The Morgan fingerprint density at radius 1 is 0.786 bits per heavy atom. The molecule has 0 unspecified atom stereocenters. The van der Waals surface area contributed by atoms with Gasteiger partial charge in [0, 0.05) is 9.79 Å². The minimum absolute atomic E-state index is 0.671. The summed E-state index contributed by atoms with van der Waals surface area (Å²) in [5.74, 6) is 0. The molecule has 0 saturated heterocycles. The Hall–Kier alpha value is -3.28. The van der Waals surface area contributed by atoms with Crippen molar-refractivity contribution in [2.45, 2.75) is 16.7 Å². The summed E-state index contributed by atoms with van der Waals surface area (Å²) in [6, 6.07) is 33.6. The second kappa shape index (κ2) is 8.17. The van der Waals surface area contributed by atoms with E-state index in [2.05, 4.69) is 85.8 Å². The first-order valence-electron chi connectivity index (χ1n) is 9.17. The molecule has 2 heteroatoms. The topological polar surface area (TPSA) is 23.8 Å². The molecule has 0 N–H and O–H groups in total. The molecule has 1 nitrogen and oxygen atoms in total. The molecule has 0 fully saturated rings.